The molecule has 0 radical (unpaired) electrons. The average Bonchev–Trinajstić information content (AvgIpc) is 2.35. The predicted octanol–water partition coefficient (Wildman–Crippen LogP) is 2.73. The maximum absolute atomic E-state index is 11.9. The van der Waals surface area contributed by atoms with Crippen molar-refractivity contribution in [1.82, 2.24) is 0 Å². The minimum atomic E-state index is -2.20. The number of hydrogen-bond donors (Lipinski definition) is 0. The molecule has 108 valence electrons. The molecule has 0 aromatic rings. The molecule has 1 saturated heterocycles. The van der Waals surface area contributed by atoms with Crippen molar-refractivity contribution in [3.63, 3.8) is 0 Å². The van der Waals surface area contributed by atoms with Crippen LogP contribution in [0.3, 0.4) is 0 Å². The van der Waals surface area contributed by atoms with Crippen LogP contribution in [0.25, 0.3) is 0 Å². The lowest BCUT2D eigenvalue weighted by atomic mass is 10.2. The highest BCUT2D eigenvalue weighted by molar-refractivity contribution is 6.75. The van der Waals surface area contributed by atoms with Crippen LogP contribution >= 0.6 is 0 Å². The molecule has 1 rings (SSSR count). The molecule has 0 aliphatic carbocycles. The first-order valence-corrected chi connectivity index (χ1v) is 9.12. The Balaban J connectivity index is 2.79. The SMILES string of the molecule is CC1(C)OC(=O)C(=CC(=O)O[Si](C)(C)C(C)(C)C)O1. The fourth-order valence-electron chi connectivity index (χ4n) is 1.23. The molecular formula is C13H22O5Si. The summed E-state index contributed by atoms with van der Waals surface area (Å²) in [5.74, 6) is -2.33. The third-order valence-corrected chi connectivity index (χ3v) is 7.63. The predicted molar refractivity (Wildman–Crippen MR) is 72.6 cm³/mol. The molecule has 0 amide bonds. The minimum Gasteiger partial charge on any atom is -0.516 e. The number of esters is 1. The van der Waals surface area contributed by atoms with Crippen molar-refractivity contribution in [1.29, 1.82) is 0 Å². The highest BCUT2D eigenvalue weighted by atomic mass is 28.4. The third-order valence-electron chi connectivity index (χ3n) is 3.31. The van der Waals surface area contributed by atoms with Gasteiger partial charge in [0.15, 0.2) is 0 Å². The van der Waals surface area contributed by atoms with Gasteiger partial charge in [0.2, 0.25) is 11.5 Å². The molecule has 0 unspecified atom stereocenters. The summed E-state index contributed by atoms with van der Waals surface area (Å²) in [7, 11) is -2.20. The topological polar surface area (TPSA) is 61.8 Å². The molecule has 0 bridgehead atoms. The van der Waals surface area contributed by atoms with Gasteiger partial charge in [-0.2, -0.15) is 0 Å². The van der Waals surface area contributed by atoms with Gasteiger partial charge >= 0.3 is 11.9 Å². The molecule has 0 spiro atoms. The summed E-state index contributed by atoms with van der Waals surface area (Å²) in [4.78, 5) is 23.3. The van der Waals surface area contributed by atoms with Gasteiger partial charge in [-0.15, -0.1) is 0 Å². The van der Waals surface area contributed by atoms with Gasteiger partial charge in [-0.25, -0.2) is 9.59 Å². The molecule has 0 aromatic carbocycles. The van der Waals surface area contributed by atoms with Crippen molar-refractivity contribution >= 4 is 20.3 Å². The first-order chi connectivity index (χ1) is 8.34. The quantitative estimate of drug-likeness (QED) is 0.444. The highest BCUT2D eigenvalue weighted by Crippen LogP contribution is 2.36. The normalized spacial score (nSPS) is 21.0. The van der Waals surface area contributed by atoms with Gasteiger partial charge in [-0.05, 0) is 18.1 Å². The van der Waals surface area contributed by atoms with Crippen LogP contribution in [0.5, 0.6) is 0 Å². The molecule has 0 N–H and O–H groups in total. The van der Waals surface area contributed by atoms with E-state index in [-0.39, 0.29) is 10.8 Å². The number of carbonyl (C=O) groups is 2. The third kappa shape index (κ3) is 3.83. The zero-order valence-electron chi connectivity index (χ0n) is 12.6. The summed E-state index contributed by atoms with van der Waals surface area (Å²) in [6, 6.07) is 0. The summed E-state index contributed by atoms with van der Waals surface area (Å²) in [5, 5.41) is -0.0858. The fourth-order valence-corrected chi connectivity index (χ4v) is 2.10. The second-order valence-electron chi connectivity index (χ2n) is 6.58. The van der Waals surface area contributed by atoms with Crippen LogP contribution in [0.2, 0.25) is 18.1 Å². The van der Waals surface area contributed by atoms with E-state index >= 15 is 0 Å². The smallest absolute Gasteiger partial charge is 0.377 e. The van der Waals surface area contributed by atoms with Gasteiger partial charge in [-0.1, -0.05) is 20.8 Å². The molecule has 0 saturated carbocycles. The van der Waals surface area contributed by atoms with Gasteiger partial charge in [0.1, 0.15) is 0 Å². The molecule has 5 nitrogen and oxygen atoms in total. The zero-order valence-corrected chi connectivity index (χ0v) is 13.6. The molecule has 19 heavy (non-hydrogen) atoms. The van der Waals surface area contributed by atoms with Gasteiger partial charge in [-0.3, -0.25) is 0 Å². The Labute approximate surface area is 115 Å². The van der Waals surface area contributed by atoms with Crippen LogP contribution in [-0.4, -0.2) is 26.0 Å². The van der Waals surface area contributed by atoms with E-state index in [4.69, 9.17) is 13.9 Å². The van der Waals surface area contributed by atoms with E-state index in [9.17, 15) is 9.59 Å². The summed E-state index contributed by atoms with van der Waals surface area (Å²) in [5.41, 5.74) is 0. The Bertz CT molecular complexity index is 429. The molecule has 1 heterocycles. The fraction of sp³-hybridized carbons (Fsp3) is 0.692. The van der Waals surface area contributed by atoms with Crippen LogP contribution in [0.4, 0.5) is 0 Å². The lowest BCUT2D eigenvalue weighted by Crippen LogP contribution is -2.42. The Morgan fingerprint density at radius 2 is 1.79 bits per heavy atom. The molecule has 0 atom stereocenters. The maximum Gasteiger partial charge on any atom is 0.377 e. The lowest BCUT2D eigenvalue weighted by molar-refractivity contribution is -0.159. The van der Waals surface area contributed by atoms with E-state index in [1.807, 2.05) is 33.9 Å². The summed E-state index contributed by atoms with van der Waals surface area (Å²) in [6.07, 6.45) is 1.07. The summed E-state index contributed by atoms with van der Waals surface area (Å²) >= 11 is 0. The summed E-state index contributed by atoms with van der Waals surface area (Å²) in [6.45, 7) is 13.2. The number of ether oxygens (including phenoxy) is 2. The standard InChI is InChI=1S/C13H22O5Si/c1-12(2,3)19(6,7)18-10(14)8-9-11(15)17-13(4,5)16-9/h8H,1-7H3. The monoisotopic (exact) mass is 286 g/mol. The number of cyclic esters (lactones) is 1. The van der Waals surface area contributed by atoms with E-state index in [2.05, 4.69) is 0 Å². The van der Waals surface area contributed by atoms with Crippen molar-refractivity contribution in [3.8, 4) is 0 Å². The largest absolute Gasteiger partial charge is 0.516 e. The van der Waals surface area contributed by atoms with Crippen molar-refractivity contribution in [2.45, 2.75) is 58.5 Å². The first kappa shape index (κ1) is 15.8. The number of rotatable bonds is 2. The lowest BCUT2D eigenvalue weighted by Gasteiger charge is -2.34. The second-order valence-corrected chi connectivity index (χ2v) is 11.3. The minimum absolute atomic E-state index is 0.0858. The molecule has 1 fully saturated rings. The first-order valence-electron chi connectivity index (χ1n) is 6.21. The van der Waals surface area contributed by atoms with Gasteiger partial charge < -0.3 is 13.9 Å². The molecule has 1 aliphatic rings. The summed E-state index contributed by atoms with van der Waals surface area (Å²) < 4.78 is 15.7. The van der Waals surface area contributed by atoms with Crippen LogP contribution in [0.15, 0.2) is 11.8 Å². The second kappa shape index (κ2) is 4.66. The van der Waals surface area contributed by atoms with E-state index in [0.717, 1.165) is 6.08 Å². The Kier molecular flexibility index (Phi) is 3.87. The zero-order chi connectivity index (χ0) is 15.1. The van der Waals surface area contributed by atoms with Crippen molar-refractivity contribution in [3.05, 3.63) is 11.8 Å². The molecule has 1 aliphatic heterocycles. The van der Waals surface area contributed by atoms with Crippen molar-refractivity contribution < 1.29 is 23.5 Å². The van der Waals surface area contributed by atoms with E-state index in [1.54, 1.807) is 13.8 Å². The highest BCUT2D eigenvalue weighted by Gasteiger charge is 2.41. The molecule has 6 heteroatoms. The van der Waals surface area contributed by atoms with Crippen LogP contribution in [0, 0.1) is 0 Å². The van der Waals surface area contributed by atoms with E-state index in [0.29, 0.717) is 0 Å². The van der Waals surface area contributed by atoms with E-state index in [1.165, 1.54) is 0 Å². The Hall–Kier alpha value is -1.30. The molecule has 0 aromatic heterocycles. The van der Waals surface area contributed by atoms with Crippen LogP contribution < -0.4 is 0 Å². The Morgan fingerprint density at radius 1 is 1.26 bits per heavy atom. The molecular weight excluding hydrogens is 264 g/mol. The van der Waals surface area contributed by atoms with Crippen LogP contribution in [-0.2, 0) is 23.5 Å². The van der Waals surface area contributed by atoms with Gasteiger partial charge in [0, 0.05) is 13.8 Å². The number of carbonyl (C=O) groups excluding carboxylic acids is 2. The van der Waals surface area contributed by atoms with Gasteiger partial charge in [0.25, 0.3) is 8.32 Å². The number of hydrogen-bond acceptors (Lipinski definition) is 5. The van der Waals surface area contributed by atoms with Crippen molar-refractivity contribution in [2.75, 3.05) is 0 Å². The van der Waals surface area contributed by atoms with E-state index < -0.39 is 26.0 Å². The average molecular weight is 286 g/mol. The maximum atomic E-state index is 11.9. The van der Waals surface area contributed by atoms with Crippen LogP contribution in [0.1, 0.15) is 34.6 Å². The Morgan fingerprint density at radius 3 is 2.16 bits per heavy atom. The van der Waals surface area contributed by atoms with Gasteiger partial charge in [0.05, 0.1) is 6.08 Å². The van der Waals surface area contributed by atoms with Crippen molar-refractivity contribution in [2.24, 2.45) is 0 Å².